The van der Waals surface area contributed by atoms with Crippen LogP contribution in [0, 0.1) is 37.1 Å². The molecule has 0 N–H and O–H groups in total. The second kappa shape index (κ2) is 13.5. The van der Waals surface area contributed by atoms with E-state index in [1.807, 2.05) is 19.9 Å². The van der Waals surface area contributed by atoms with Crippen molar-refractivity contribution in [2.45, 2.75) is 25.9 Å². The van der Waals surface area contributed by atoms with Crippen molar-refractivity contribution >= 4 is 11.4 Å². The molecule has 241 valence electrons. The standard InChI is InChI=1S/C16H14F2N4.C15H14F3N4.Ir/c1-9(2)13-7-14(21-20-13)16-19-15(8-22(16)3)11-5-4-10(17)6-12(11)18;1-19-3-5-21(10-19)13-7-12(15(16,17)18)8-14(9-13)22-6-4-20(2)11-22;/h4,6-9H,1-3H3;3-8,10-11H,1-2H3;/q-2;-3;. The van der Waals surface area contributed by atoms with E-state index in [4.69, 9.17) is 0 Å². The maximum Gasteiger partial charge on any atom is 0.394 e. The quantitative estimate of drug-likeness (QED) is 0.169. The molecule has 1 radical (unpaired) electrons. The molecule has 0 saturated carbocycles. The molecule has 4 aromatic rings. The second-order valence-electron chi connectivity index (χ2n) is 10.5. The van der Waals surface area contributed by atoms with Gasteiger partial charge >= 0.3 is 6.18 Å². The molecule has 8 nitrogen and oxygen atoms in total. The Bertz CT molecular complexity index is 1650. The minimum absolute atomic E-state index is 0. The van der Waals surface area contributed by atoms with Crippen LogP contribution < -0.4 is 14.9 Å². The number of imidazole rings is 1. The van der Waals surface area contributed by atoms with E-state index in [9.17, 15) is 22.0 Å². The van der Waals surface area contributed by atoms with E-state index in [0.717, 1.165) is 30.0 Å². The van der Waals surface area contributed by atoms with E-state index < -0.39 is 23.4 Å². The monoisotopic (exact) mass is 800 g/mol. The summed E-state index contributed by atoms with van der Waals surface area (Å²) in [5, 5.41) is 8.22. The molecule has 2 aliphatic heterocycles. The largest absolute Gasteiger partial charge is 0.572 e. The van der Waals surface area contributed by atoms with E-state index in [2.05, 4.69) is 27.3 Å². The molecule has 2 aromatic heterocycles. The zero-order chi connectivity index (χ0) is 31.8. The molecule has 0 saturated heterocycles. The fourth-order valence-corrected chi connectivity index (χ4v) is 4.33. The maximum atomic E-state index is 13.8. The van der Waals surface area contributed by atoms with Crippen LogP contribution in [0.25, 0.3) is 22.8 Å². The van der Waals surface area contributed by atoms with Gasteiger partial charge in [-0.1, -0.05) is 42.8 Å². The fourth-order valence-electron chi connectivity index (χ4n) is 4.33. The summed E-state index contributed by atoms with van der Waals surface area (Å²) in [6, 6.07) is 11.5. The summed E-state index contributed by atoms with van der Waals surface area (Å²) in [6.45, 7) is 7.43. The van der Waals surface area contributed by atoms with Crippen molar-refractivity contribution in [3.05, 3.63) is 110 Å². The minimum Gasteiger partial charge on any atom is -0.572 e. The maximum absolute atomic E-state index is 13.8. The molecule has 0 unspecified atom stereocenters. The third-order valence-electron chi connectivity index (χ3n) is 6.63. The number of benzene rings is 2. The van der Waals surface area contributed by atoms with Crippen molar-refractivity contribution in [3.8, 4) is 22.8 Å². The minimum atomic E-state index is -4.41. The predicted octanol–water partition coefficient (Wildman–Crippen LogP) is 6.50. The normalized spacial score (nSPS) is 14.4. The van der Waals surface area contributed by atoms with Crippen LogP contribution in [0.15, 0.2) is 61.3 Å². The van der Waals surface area contributed by atoms with E-state index in [0.29, 0.717) is 28.6 Å². The van der Waals surface area contributed by atoms with Crippen molar-refractivity contribution in [1.82, 2.24) is 29.5 Å². The van der Waals surface area contributed by atoms with Crippen LogP contribution >= 0.6 is 0 Å². The third kappa shape index (κ3) is 7.74. The number of hydrogen-bond donors (Lipinski definition) is 0. The van der Waals surface area contributed by atoms with Gasteiger partial charge in [-0.05, 0) is 51.0 Å². The fraction of sp³-hybridized carbons (Fsp3) is 0.226. The Hall–Kier alpha value is -4.16. The Morgan fingerprint density at radius 3 is 1.96 bits per heavy atom. The molecule has 2 aromatic carbocycles. The van der Waals surface area contributed by atoms with Gasteiger partial charge in [-0.15, -0.1) is 41.7 Å². The van der Waals surface area contributed by atoms with Crippen LogP contribution in [-0.2, 0) is 33.3 Å². The van der Waals surface area contributed by atoms with Crippen LogP contribution in [0.2, 0.25) is 0 Å². The van der Waals surface area contributed by atoms with Gasteiger partial charge in [0.15, 0.2) is 0 Å². The number of nitrogens with zero attached hydrogens (tertiary/aromatic N) is 8. The summed E-state index contributed by atoms with van der Waals surface area (Å²) in [6.07, 6.45) is 4.12. The van der Waals surface area contributed by atoms with E-state index >= 15 is 0 Å². The van der Waals surface area contributed by atoms with Gasteiger partial charge in [0.1, 0.15) is 5.82 Å². The van der Waals surface area contributed by atoms with Gasteiger partial charge in [-0.25, -0.2) is 0 Å². The summed E-state index contributed by atoms with van der Waals surface area (Å²) < 4.78 is 68.0. The van der Waals surface area contributed by atoms with Gasteiger partial charge in [-0.2, -0.15) is 26.5 Å². The van der Waals surface area contributed by atoms with Crippen molar-refractivity contribution in [3.63, 3.8) is 0 Å². The van der Waals surface area contributed by atoms with Crippen LogP contribution in [0.3, 0.4) is 0 Å². The number of hydrogen-bond acceptors (Lipinski definition) is 6. The summed E-state index contributed by atoms with van der Waals surface area (Å²) >= 11 is 0. The second-order valence-corrected chi connectivity index (χ2v) is 10.5. The van der Waals surface area contributed by atoms with Crippen LogP contribution in [0.5, 0.6) is 0 Å². The molecule has 0 fully saturated rings. The van der Waals surface area contributed by atoms with Gasteiger partial charge in [0.2, 0.25) is 0 Å². The van der Waals surface area contributed by atoms with Gasteiger partial charge in [-0.3, -0.25) is 13.8 Å². The average Bonchev–Trinajstić information content (AvgIpc) is 3.76. The zero-order valence-corrected chi connectivity index (χ0v) is 27.2. The number of alkyl halides is 3. The molecule has 45 heavy (non-hydrogen) atoms. The molecular weight excluding hydrogens is 772 g/mol. The summed E-state index contributed by atoms with van der Waals surface area (Å²) in [4.78, 5) is 11.1. The van der Waals surface area contributed by atoms with Crippen LogP contribution in [0.1, 0.15) is 31.0 Å². The number of aryl methyl sites for hydroxylation is 1. The van der Waals surface area contributed by atoms with Gasteiger partial charge in [0.05, 0.1) is 0 Å². The molecule has 4 heterocycles. The Kier molecular flexibility index (Phi) is 10.1. The molecule has 2 aliphatic rings. The van der Waals surface area contributed by atoms with Crippen molar-refractivity contribution in [2.75, 3.05) is 23.9 Å². The SMILES string of the molecule is CC(C)c1cc(-c2nc(-c3[c-]cc(F)cc3F)cn2C)[n-]n1.CN1C=CN(c2[c-]c(N3C=CN(C)[CH-]3)cc(C(F)(F)F)c2)[CH-]1.[Ir]. The number of aromatic nitrogens is 4. The van der Waals surface area contributed by atoms with Gasteiger partial charge < -0.3 is 34.4 Å². The van der Waals surface area contributed by atoms with E-state index in [1.54, 1.807) is 89.6 Å². The number of anilines is 2. The van der Waals surface area contributed by atoms with Crippen LogP contribution in [-0.4, -0.2) is 38.5 Å². The average molecular weight is 800 g/mol. The Labute approximate surface area is 271 Å². The van der Waals surface area contributed by atoms with Crippen LogP contribution in [0.4, 0.5) is 33.3 Å². The van der Waals surface area contributed by atoms with Gasteiger partial charge in [0, 0.05) is 50.2 Å². The van der Waals surface area contributed by atoms with E-state index in [1.165, 1.54) is 0 Å². The summed E-state index contributed by atoms with van der Waals surface area (Å²) in [5.41, 5.74) is 1.97. The van der Waals surface area contributed by atoms with E-state index in [-0.39, 0.29) is 31.6 Å². The Morgan fingerprint density at radius 1 is 0.889 bits per heavy atom. The Balaban J connectivity index is 0.000000200. The first-order valence-corrected chi connectivity index (χ1v) is 13.4. The van der Waals surface area contributed by atoms with Crippen molar-refractivity contribution in [2.24, 2.45) is 7.05 Å². The predicted molar refractivity (Wildman–Crippen MR) is 156 cm³/mol. The smallest absolute Gasteiger partial charge is 0.394 e. The molecule has 0 amide bonds. The molecule has 0 spiro atoms. The Morgan fingerprint density at radius 2 is 1.49 bits per heavy atom. The molecule has 0 atom stereocenters. The van der Waals surface area contributed by atoms with Crippen molar-refractivity contribution in [1.29, 1.82) is 0 Å². The first-order chi connectivity index (χ1) is 20.8. The first kappa shape index (κ1) is 33.7. The topological polar surface area (TPSA) is 57.8 Å². The summed E-state index contributed by atoms with van der Waals surface area (Å²) in [5.74, 6) is -0.516. The molecule has 14 heteroatoms. The third-order valence-corrected chi connectivity index (χ3v) is 6.63. The first-order valence-electron chi connectivity index (χ1n) is 13.4. The molecule has 6 rings (SSSR count). The number of rotatable bonds is 5. The molecular formula is C31H28F5IrN8-5. The van der Waals surface area contributed by atoms with Gasteiger partial charge in [0.25, 0.3) is 0 Å². The number of halogens is 5. The molecule has 0 aliphatic carbocycles. The zero-order valence-electron chi connectivity index (χ0n) is 24.8. The van der Waals surface area contributed by atoms with Crippen molar-refractivity contribution < 1.29 is 42.1 Å². The molecule has 0 bridgehead atoms. The summed E-state index contributed by atoms with van der Waals surface area (Å²) in [7, 11) is 5.39.